The molecule has 0 aliphatic heterocycles. The van der Waals surface area contributed by atoms with Crippen LogP contribution in [0.3, 0.4) is 0 Å². The topological polar surface area (TPSA) is 62.3 Å². The lowest BCUT2D eigenvalue weighted by Crippen LogP contribution is -1.99. The molecule has 1 aromatic carbocycles. The Kier molecular flexibility index (Phi) is 4.23. The summed E-state index contributed by atoms with van der Waals surface area (Å²) in [7, 11) is 5.06. The SMILES string of the molecule is CCc1c(-c2cc(N)n(C)n2)cc(OC)c(OC)c1Br. The molecule has 0 aliphatic rings. The highest BCUT2D eigenvalue weighted by Crippen LogP contribution is 2.43. The molecule has 0 aliphatic carbocycles. The van der Waals surface area contributed by atoms with Crippen molar-refractivity contribution in [2.45, 2.75) is 13.3 Å². The van der Waals surface area contributed by atoms with Crippen LogP contribution in [0.15, 0.2) is 16.6 Å². The van der Waals surface area contributed by atoms with Crippen molar-refractivity contribution < 1.29 is 9.47 Å². The third-order valence-corrected chi connectivity index (χ3v) is 4.10. The van der Waals surface area contributed by atoms with E-state index >= 15 is 0 Å². The molecule has 0 bridgehead atoms. The lowest BCUT2D eigenvalue weighted by atomic mass is 10.0. The fraction of sp³-hybridized carbons (Fsp3) is 0.357. The second-order valence-corrected chi connectivity index (χ2v) is 5.18. The van der Waals surface area contributed by atoms with Gasteiger partial charge in [0.1, 0.15) is 5.82 Å². The van der Waals surface area contributed by atoms with E-state index in [0.717, 1.165) is 27.7 Å². The minimum absolute atomic E-state index is 0.618. The predicted molar refractivity (Wildman–Crippen MR) is 83.2 cm³/mol. The van der Waals surface area contributed by atoms with E-state index in [4.69, 9.17) is 15.2 Å². The van der Waals surface area contributed by atoms with E-state index < -0.39 is 0 Å². The molecule has 2 N–H and O–H groups in total. The highest BCUT2D eigenvalue weighted by molar-refractivity contribution is 9.10. The van der Waals surface area contributed by atoms with Gasteiger partial charge < -0.3 is 15.2 Å². The minimum Gasteiger partial charge on any atom is -0.493 e. The van der Waals surface area contributed by atoms with E-state index in [1.54, 1.807) is 18.9 Å². The number of hydrogen-bond donors (Lipinski definition) is 1. The molecule has 0 amide bonds. The van der Waals surface area contributed by atoms with Gasteiger partial charge in [0, 0.05) is 18.7 Å². The van der Waals surface area contributed by atoms with Gasteiger partial charge >= 0.3 is 0 Å². The Hall–Kier alpha value is -1.69. The molecule has 0 atom stereocenters. The molecule has 2 rings (SSSR count). The summed E-state index contributed by atoms with van der Waals surface area (Å²) in [4.78, 5) is 0. The standard InChI is InChI=1S/C14H18BrN3O2/c1-5-8-9(10-7-12(16)18(2)17-10)6-11(19-3)14(20-4)13(8)15/h6-7H,5,16H2,1-4H3. The quantitative estimate of drug-likeness (QED) is 0.929. The fourth-order valence-corrected chi connectivity index (χ4v) is 3.03. The molecule has 1 heterocycles. The lowest BCUT2D eigenvalue weighted by molar-refractivity contribution is 0.353. The Morgan fingerprint density at radius 1 is 1.30 bits per heavy atom. The summed E-state index contributed by atoms with van der Waals surface area (Å²) in [5.74, 6) is 1.97. The van der Waals surface area contributed by atoms with Crippen molar-refractivity contribution in [1.29, 1.82) is 0 Å². The molecule has 0 saturated heterocycles. The van der Waals surface area contributed by atoms with Gasteiger partial charge in [-0.25, -0.2) is 0 Å². The third kappa shape index (κ3) is 2.35. The van der Waals surface area contributed by atoms with Crippen LogP contribution in [0.5, 0.6) is 11.5 Å². The molecule has 0 unspecified atom stereocenters. The Morgan fingerprint density at radius 2 is 2.00 bits per heavy atom. The molecular formula is C14H18BrN3O2. The van der Waals surface area contributed by atoms with Gasteiger partial charge in [0.05, 0.1) is 24.4 Å². The van der Waals surface area contributed by atoms with Crippen molar-refractivity contribution in [3.63, 3.8) is 0 Å². The van der Waals surface area contributed by atoms with Crippen molar-refractivity contribution >= 4 is 21.7 Å². The third-order valence-electron chi connectivity index (χ3n) is 3.26. The summed E-state index contributed by atoms with van der Waals surface area (Å²) in [6.45, 7) is 2.09. The Labute approximate surface area is 126 Å². The van der Waals surface area contributed by atoms with Crippen molar-refractivity contribution in [2.75, 3.05) is 20.0 Å². The zero-order valence-corrected chi connectivity index (χ0v) is 13.6. The molecule has 2 aromatic rings. The van der Waals surface area contributed by atoms with Crippen LogP contribution in [-0.2, 0) is 13.5 Å². The zero-order chi connectivity index (χ0) is 14.9. The molecule has 0 spiro atoms. The highest BCUT2D eigenvalue weighted by atomic mass is 79.9. The average molecular weight is 340 g/mol. The number of nitrogen functional groups attached to an aromatic ring is 1. The van der Waals surface area contributed by atoms with Crippen molar-refractivity contribution in [3.05, 3.63) is 22.2 Å². The second-order valence-electron chi connectivity index (χ2n) is 4.38. The number of nitrogens with two attached hydrogens (primary N) is 1. The lowest BCUT2D eigenvalue weighted by Gasteiger charge is -2.16. The first kappa shape index (κ1) is 14.7. The summed E-state index contributed by atoms with van der Waals surface area (Å²) >= 11 is 3.60. The molecule has 0 saturated carbocycles. The molecule has 0 fully saturated rings. The highest BCUT2D eigenvalue weighted by Gasteiger charge is 2.19. The van der Waals surface area contributed by atoms with Crippen molar-refractivity contribution in [1.82, 2.24) is 9.78 Å². The summed E-state index contributed by atoms with van der Waals surface area (Å²) in [5, 5.41) is 4.44. The summed E-state index contributed by atoms with van der Waals surface area (Å²) in [5.41, 5.74) is 8.79. The van der Waals surface area contributed by atoms with E-state index in [2.05, 4.69) is 28.0 Å². The maximum Gasteiger partial charge on any atom is 0.175 e. The van der Waals surface area contributed by atoms with Crippen molar-refractivity contribution in [3.8, 4) is 22.8 Å². The van der Waals surface area contributed by atoms with Gasteiger partial charge in [-0.3, -0.25) is 4.68 Å². The minimum atomic E-state index is 0.618. The molecule has 108 valence electrons. The molecule has 0 radical (unpaired) electrons. The number of ether oxygens (including phenoxy) is 2. The number of hydrogen-bond acceptors (Lipinski definition) is 4. The van der Waals surface area contributed by atoms with E-state index in [0.29, 0.717) is 17.3 Å². The smallest absolute Gasteiger partial charge is 0.175 e. The average Bonchev–Trinajstić information content (AvgIpc) is 2.77. The number of aryl methyl sites for hydroxylation is 1. The molecular weight excluding hydrogens is 322 g/mol. The first-order valence-electron chi connectivity index (χ1n) is 6.26. The number of benzene rings is 1. The second kappa shape index (κ2) is 5.75. The molecule has 1 aromatic heterocycles. The number of methoxy groups -OCH3 is 2. The van der Waals surface area contributed by atoms with Gasteiger partial charge in [-0.05, 0) is 34.0 Å². The molecule has 6 heteroatoms. The van der Waals surface area contributed by atoms with Gasteiger partial charge in [-0.1, -0.05) is 6.92 Å². The first-order chi connectivity index (χ1) is 9.53. The van der Waals surface area contributed by atoms with Gasteiger partial charge in [-0.2, -0.15) is 5.10 Å². The van der Waals surface area contributed by atoms with Gasteiger partial charge in [0.25, 0.3) is 0 Å². The Morgan fingerprint density at radius 3 is 2.45 bits per heavy atom. The van der Waals surface area contributed by atoms with Gasteiger partial charge in [-0.15, -0.1) is 0 Å². The number of rotatable bonds is 4. The summed E-state index contributed by atoms with van der Waals surface area (Å²) in [6, 6.07) is 3.79. The maximum atomic E-state index is 5.87. The van der Waals surface area contributed by atoms with Gasteiger partial charge in [0.2, 0.25) is 0 Å². The number of halogens is 1. The van der Waals surface area contributed by atoms with Crippen LogP contribution in [0.4, 0.5) is 5.82 Å². The monoisotopic (exact) mass is 339 g/mol. The van der Waals surface area contributed by atoms with Gasteiger partial charge in [0.15, 0.2) is 11.5 Å². The maximum absolute atomic E-state index is 5.87. The summed E-state index contributed by atoms with van der Waals surface area (Å²) in [6.07, 6.45) is 0.840. The van der Waals surface area contributed by atoms with E-state index in [9.17, 15) is 0 Å². The normalized spacial score (nSPS) is 10.7. The molecule has 5 nitrogen and oxygen atoms in total. The largest absolute Gasteiger partial charge is 0.493 e. The molecule has 20 heavy (non-hydrogen) atoms. The van der Waals surface area contributed by atoms with Crippen molar-refractivity contribution in [2.24, 2.45) is 7.05 Å². The number of aromatic nitrogens is 2. The van der Waals surface area contributed by atoms with Crippen LogP contribution in [-0.4, -0.2) is 24.0 Å². The van der Waals surface area contributed by atoms with E-state index in [1.165, 1.54) is 0 Å². The van der Waals surface area contributed by atoms with E-state index in [1.807, 2.05) is 19.2 Å². The summed E-state index contributed by atoms with van der Waals surface area (Å²) < 4.78 is 13.3. The van der Waals surface area contributed by atoms with Crippen LogP contribution >= 0.6 is 15.9 Å². The zero-order valence-electron chi connectivity index (χ0n) is 12.0. The van der Waals surface area contributed by atoms with Crippen LogP contribution < -0.4 is 15.2 Å². The van der Waals surface area contributed by atoms with Crippen LogP contribution in [0, 0.1) is 0 Å². The fourth-order valence-electron chi connectivity index (χ4n) is 2.18. The van der Waals surface area contributed by atoms with Crippen LogP contribution in [0.1, 0.15) is 12.5 Å². The first-order valence-corrected chi connectivity index (χ1v) is 7.06. The van der Waals surface area contributed by atoms with E-state index in [-0.39, 0.29) is 0 Å². The number of nitrogens with zero attached hydrogens (tertiary/aromatic N) is 2. The number of anilines is 1. The Bertz CT molecular complexity index is 618. The predicted octanol–water partition coefficient (Wildman–Crippen LogP) is 3.01. The van der Waals surface area contributed by atoms with Crippen LogP contribution in [0.2, 0.25) is 0 Å². The Balaban J connectivity index is 2.71. The van der Waals surface area contributed by atoms with Crippen LogP contribution in [0.25, 0.3) is 11.3 Å².